The topological polar surface area (TPSA) is 69.7 Å². The van der Waals surface area contributed by atoms with Gasteiger partial charge in [0.2, 0.25) is 11.8 Å². The van der Waals surface area contributed by atoms with E-state index in [1.807, 2.05) is 44.2 Å². The highest BCUT2D eigenvalue weighted by Crippen LogP contribution is 2.31. The second kappa shape index (κ2) is 9.26. The summed E-state index contributed by atoms with van der Waals surface area (Å²) in [5, 5.41) is 2.99. The number of carbonyl (C=O) groups is 1. The van der Waals surface area contributed by atoms with Crippen LogP contribution in [0, 0.1) is 5.92 Å². The number of pyridine rings is 1. The van der Waals surface area contributed by atoms with Gasteiger partial charge in [-0.2, -0.15) is 0 Å². The molecule has 1 amide bonds. The molecule has 0 radical (unpaired) electrons. The Hall–Kier alpha value is -2.76. The van der Waals surface area contributed by atoms with Gasteiger partial charge < -0.3 is 19.5 Å². The molecule has 0 aliphatic carbocycles. The molecule has 2 aromatic rings. The lowest BCUT2D eigenvalue weighted by atomic mass is 9.95. The number of fused-ring (bicyclic) bond motifs is 1. The predicted molar refractivity (Wildman–Crippen MR) is 102 cm³/mol. The molecule has 1 unspecified atom stereocenters. The smallest absolute Gasteiger partial charge is 0.227 e. The molecule has 1 atom stereocenters. The van der Waals surface area contributed by atoms with E-state index in [1.165, 1.54) is 0 Å². The van der Waals surface area contributed by atoms with Gasteiger partial charge in [-0.15, -0.1) is 0 Å². The lowest BCUT2D eigenvalue weighted by Gasteiger charge is -2.25. The molecule has 1 aliphatic rings. The number of nitrogens with zero attached hydrogens (tertiary/aromatic N) is 1. The van der Waals surface area contributed by atoms with Crippen molar-refractivity contribution < 1.29 is 19.0 Å². The molecular formula is C21H26N2O4. The number of hydrogen-bond donors (Lipinski definition) is 1. The number of nitrogens with one attached hydrogen (secondary N) is 1. The summed E-state index contributed by atoms with van der Waals surface area (Å²) >= 11 is 0. The second-order valence-electron chi connectivity index (χ2n) is 6.45. The first-order valence-corrected chi connectivity index (χ1v) is 9.44. The quantitative estimate of drug-likeness (QED) is 0.773. The summed E-state index contributed by atoms with van der Waals surface area (Å²) in [7, 11) is 0. The van der Waals surface area contributed by atoms with Gasteiger partial charge in [-0.3, -0.25) is 4.79 Å². The van der Waals surface area contributed by atoms with Crippen molar-refractivity contribution in [3.63, 3.8) is 0 Å². The summed E-state index contributed by atoms with van der Waals surface area (Å²) in [6.07, 6.45) is 3.23. The van der Waals surface area contributed by atoms with Crippen LogP contribution >= 0.6 is 0 Å². The van der Waals surface area contributed by atoms with Crippen molar-refractivity contribution in [1.82, 2.24) is 10.3 Å². The number of carbonyl (C=O) groups excluding carboxylic acids is 1. The van der Waals surface area contributed by atoms with Gasteiger partial charge in [-0.1, -0.05) is 13.0 Å². The molecule has 0 fully saturated rings. The maximum absolute atomic E-state index is 12.6. The van der Waals surface area contributed by atoms with Crippen LogP contribution in [0.1, 0.15) is 31.4 Å². The summed E-state index contributed by atoms with van der Waals surface area (Å²) in [4.78, 5) is 16.9. The minimum absolute atomic E-state index is 0.0345. The van der Waals surface area contributed by atoms with Gasteiger partial charge in [0.05, 0.1) is 19.1 Å². The highest BCUT2D eigenvalue weighted by Gasteiger charge is 2.26. The first-order chi connectivity index (χ1) is 13.2. The Labute approximate surface area is 159 Å². The average molecular weight is 370 g/mol. The van der Waals surface area contributed by atoms with Gasteiger partial charge in [0.1, 0.15) is 18.1 Å². The van der Waals surface area contributed by atoms with Crippen molar-refractivity contribution in [1.29, 1.82) is 0 Å². The molecular weight excluding hydrogens is 344 g/mol. The van der Waals surface area contributed by atoms with Gasteiger partial charge in [0.25, 0.3) is 0 Å². The minimum atomic E-state index is -0.231. The number of aromatic nitrogens is 1. The van der Waals surface area contributed by atoms with Crippen molar-refractivity contribution in [2.45, 2.75) is 33.2 Å². The molecule has 1 N–H and O–H groups in total. The van der Waals surface area contributed by atoms with E-state index in [2.05, 4.69) is 10.3 Å². The van der Waals surface area contributed by atoms with Crippen LogP contribution in [0.15, 0.2) is 36.5 Å². The molecule has 0 spiro atoms. The van der Waals surface area contributed by atoms with E-state index in [0.717, 1.165) is 29.0 Å². The Bertz CT molecular complexity index is 779. The Morgan fingerprint density at radius 2 is 2.19 bits per heavy atom. The SMILES string of the molecule is CCCOc1ncccc1CNC(=O)C1COc2ccc(OCC)cc2C1. The molecule has 6 heteroatoms. The Morgan fingerprint density at radius 3 is 3.00 bits per heavy atom. The van der Waals surface area contributed by atoms with Crippen LogP contribution in [0.5, 0.6) is 17.4 Å². The van der Waals surface area contributed by atoms with Crippen molar-refractivity contribution in [3.8, 4) is 17.4 Å². The number of amides is 1. The van der Waals surface area contributed by atoms with E-state index < -0.39 is 0 Å². The zero-order valence-corrected chi connectivity index (χ0v) is 15.9. The zero-order valence-electron chi connectivity index (χ0n) is 15.9. The van der Waals surface area contributed by atoms with Crippen LogP contribution in [0.25, 0.3) is 0 Å². The van der Waals surface area contributed by atoms with Crippen LogP contribution in [0.2, 0.25) is 0 Å². The van der Waals surface area contributed by atoms with E-state index >= 15 is 0 Å². The predicted octanol–water partition coefficient (Wildman–Crippen LogP) is 3.14. The molecule has 1 aliphatic heterocycles. The second-order valence-corrected chi connectivity index (χ2v) is 6.45. The molecule has 0 saturated heterocycles. The summed E-state index contributed by atoms with van der Waals surface area (Å²) in [6.45, 7) is 5.96. The first kappa shape index (κ1) is 19.0. The summed E-state index contributed by atoms with van der Waals surface area (Å²) < 4.78 is 17.0. The monoisotopic (exact) mass is 370 g/mol. The Balaban J connectivity index is 1.60. The molecule has 27 heavy (non-hydrogen) atoms. The molecule has 6 nitrogen and oxygen atoms in total. The molecule has 1 aromatic heterocycles. The van der Waals surface area contributed by atoms with Crippen molar-refractivity contribution in [2.75, 3.05) is 19.8 Å². The fourth-order valence-electron chi connectivity index (χ4n) is 3.01. The average Bonchev–Trinajstić information content (AvgIpc) is 2.70. The standard InChI is InChI=1S/C21H26N2O4/c1-3-10-26-21-15(6-5-9-22-21)13-23-20(24)17-11-16-12-18(25-4-2)7-8-19(16)27-14-17/h5-9,12,17H,3-4,10-11,13-14H2,1-2H3,(H,23,24). The van der Waals surface area contributed by atoms with Crippen molar-refractivity contribution in [3.05, 3.63) is 47.7 Å². The van der Waals surface area contributed by atoms with Gasteiger partial charge in [0, 0.05) is 18.3 Å². The Morgan fingerprint density at radius 1 is 1.30 bits per heavy atom. The van der Waals surface area contributed by atoms with E-state index in [4.69, 9.17) is 14.2 Å². The van der Waals surface area contributed by atoms with Gasteiger partial charge in [-0.25, -0.2) is 4.98 Å². The fourth-order valence-corrected chi connectivity index (χ4v) is 3.01. The maximum atomic E-state index is 12.6. The van der Waals surface area contributed by atoms with Crippen molar-refractivity contribution >= 4 is 5.91 Å². The summed E-state index contributed by atoms with van der Waals surface area (Å²) in [5.41, 5.74) is 1.87. The molecule has 0 bridgehead atoms. The molecule has 0 saturated carbocycles. The third-order valence-electron chi connectivity index (χ3n) is 4.37. The molecule has 144 valence electrons. The summed E-state index contributed by atoms with van der Waals surface area (Å²) in [6, 6.07) is 9.51. The highest BCUT2D eigenvalue weighted by molar-refractivity contribution is 5.79. The first-order valence-electron chi connectivity index (χ1n) is 9.44. The van der Waals surface area contributed by atoms with Gasteiger partial charge >= 0.3 is 0 Å². The normalized spacial score (nSPS) is 15.4. The van der Waals surface area contributed by atoms with Crippen molar-refractivity contribution in [2.24, 2.45) is 5.92 Å². The fraction of sp³-hybridized carbons (Fsp3) is 0.429. The minimum Gasteiger partial charge on any atom is -0.494 e. The third-order valence-corrected chi connectivity index (χ3v) is 4.37. The highest BCUT2D eigenvalue weighted by atomic mass is 16.5. The van der Waals surface area contributed by atoms with E-state index in [-0.39, 0.29) is 11.8 Å². The van der Waals surface area contributed by atoms with E-state index in [1.54, 1.807) is 6.20 Å². The molecule has 1 aromatic carbocycles. The number of benzene rings is 1. The summed E-state index contributed by atoms with van der Waals surface area (Å²) in [5.74, 6) is 1.93. The number of hydrogen-bond acceptors (Lipinski definition) is 5. The Kier molecular flexibility index (Phi) is 6.52. The zero-order chi connectivity index (χ0) is 19.1. The lowest BCUT2D eigenvalue weighted by molar-refractivity contribution is -0.126. The van der Waals surface area contributed by atoms with Gasteiger partial charge in [0.15, 0.2) is 0 Å². The maximum Gasteiger partial charge on any atom is 0.227 e. The van der Waals surface area contributed by atoms with Crippen LogP contribution in [-0.2, 0) is 17.8 Å². The number of rotatable bonds is 8. The third kappa shape index (κ3) is 4.90. The molecule has 2 heterocycles. The lowest BCUT2D eigenvalue weighted by Crippen LogP contribution is -2.37. The van der Waals surface area contributed by atoms with Crippen LogP contribution in [-0.4, -0.2) is 30.7 Å². The van der Waals surface area contributed by atoms with Crippen LogP contribution in [0.4, 0.5) is 0 Å². The van der Waals surface area contributed by atoms with Crippen LogP contribution < -0.4 is 19.5 Å². The van der Waals surface area contributed by atoms with Gasteiger partial charge in [-0.05, 0) is 49.6 Å². The largest absolute Gasteiger partial charge is 0.494 e. The van der Waals surface area contributed by atoms with Crippen LogP contribution in [0.3, 0.4) is 0 Å². The van der Waals surface area contributed by atoms with E-state index in [0.29, 0.717) is 38.7 Å². The molecule has 3 rings (SSSR count). The number of ether oxygens (including phenoxy) is 3. The van der Waals surface area contributed by atoms with E-state index in [9.17, 15) is 4.79 Å².